The van der Waals surface area contributed by atoms with Crippen LogP contribution in [-0.2, 0) is 4.79 Å². The Kier molecular flexibility index (Phi) is 3.79. The standard InChI is InChI=1S/C14H19NO2/c1-15(2)10-12(16)9-11-7-8-17-14-6-4-3-5-13(11)14/h3-6,11H,7-10H2,1-2H3. The van der Waals surface area contributed by atoms with Crippen LogP contribution in [0.1, 0.15) is 24.3 Å². The highest BCUT2D eigenvalue weighted by Gasteiger charge is 2.23. The Morgan fingerprint density at radius 3 is 2.94 bits per heavy atom. The lowest BCUT2D eigenvalue weighted by atomic mass is 9.89. The minimum atomic E-state index is 0.303. The molecule has 0 spiro atoms. The van der Waals surface area contributed by atoms with Crippen molar-refractivity contribution in [2.75, 3.05) is 27.2 Å². The second kappa shape index (κ2) is 5.32. The molecular weight excluding hydrogens is 214 g/mol. The zero-order chi connectivity index (χ0) is 12.3. The average Bonchev–Trinajstić information content (AvgIpc) is 2.28. The smallest absolute Gasteiger partial charge is 0.147 e. The Bertz CT molecular complexity index is 401. The maximum absolute atomic E-state index is 11.8. The molecule has 2 rings (SSSR count). The number of ether oxygens (including phenoxy) is 1. The van der Waals surface area contributed by atoms with E-state index in [4.69, 9.17) is 4.74 Å². The Labute approximate surface area is 102 Å². The van der Waals surface area contributed by atoms with Crippen molar-refractivity contribution in [2.45, 2.75) is 18.8 Å². The summed E-state index contributed by atoms with van der Waals surface area (Å²) in [6.45, 7) is 1.25. The first-order valence-electron chi connectivity index (χ1n) is 6.05. The highest BCUT2D eigenvalue weighted by molar-refractivity contribution is 5.81. The summed E-state index contributed by atoms with van der Waals surface area (Å²) in [4.78, 5) is 13.8. The molecule has 1 heterocycles. The number of ketones is 1. The van der Waals surface area contributed by atoms with E-state index in [9.17, 15) is 4.79 Å². The molecule has 0 N–H and O–H groups in total. The zero-order valence-corrected chi connectivity index (χ0v) is 10.5. The molecule has 1 unspecified atom stereocenters. The molecule has 1 aliphatic rings. The van der Waals surface area contributed by atoms with Gasteiger partial charge >= 0.3 is 0 Å². The summed E-state index contributed by atoms with van der Waals surface area (Å²) in [7, 11) is 3.85. The van der Waals surface area contributed by atoms with Crippen molar-refractivity contribution in [3.8, 4) is 5.75 Å². The minimum Gasteiger partial charge on any atom is -0.493 e. The summed E-state index contributed by atoms with van der Waals surface area (Å²) in [5.41, 5.74) is 1.19. The molecule has 92 valence electrons. The molecule has 0 fully saturated rings. The largest absolute Gasteiger partial charge is 0.493 e. The lowest BCUT2D eigenvalue weighted by Crippen LogP contribution is -2.24. The van der Waals surface area contributed by atoms with Crippen molar-refractivity contribution in [3.63, 3.8) is 0 Å². The Balaban J connectivity index is 2.06. The van der Waals surface area contributed by atoms with Gasteiger partial charge in [-0.2, -0.15) is 0 Å². The van der Waals surface area contributed by atoms with Gasteiger partial charge in [-0.25, -0.2) is 0 Å². The second-order valence-corrected chi connectivity index (χ2v) is 4.85. The predicted octanol–water partition coefficient (Wildman–Crippen LogP) is 2.07. The quantitative estimate of drug-likeness (QED) is 0.797. The first-order chi connectivity index (χ1) is 8.16. The van der Waals surface area contributed by atoms with Gasteiger partial charge in [-0.3, -0.25) is 4.79 Å². The van der Waals surface area contributed by atoms with Gasteiger partial charge in [-0.05, 0) is 38.1 Å². The molecule has 3 heteroatoms. The van der Waals surface area contributed by atoms with Crippen molar-refractivity contribution < 1.29 is 9.53 Å². The average molecular weight is 233 g/mol. The first kappa shape index (κ1) is 12.1. The highest BCUT2D eigenvalue weighted by Crippen LogP contribution is 2.35. The molecule has 1 atom stereocenters. The number of carbonyl (C=O) groups is 1. The number of likely N-dealkylation sites (N-methyl/N-ethyl adjacent to an activating group) is 1. The van der Waals surface area contributed by atoms with Crippen LogP contribution in [0, 0.1) is 0 Å². The highest BCUT2D eigenvalue weighted by atomic mass is 16.5. The van der Waals surface area contributed by atoms with E-state index in [-0.39, 0.29) is 0 Å². The van der Waals surface area contributed by atoms with Crippen LogP contribution in [0.15, 0.2) is 24.3 Å². The summed E-state index contributed by atoms with van der Waals surface area (Å²) < 4.78 is 5.59. The van der Waals surface area contributed by atoms with E-state index in [1.807, 2.05) is 37.2 Å². The minimum absolute atomic E-state index is 0.303. The van der Waals surface area contributed by atoms with E-state index in [0.29, 0.717) is 24.7 Å². The fraction of sp³-hybridized carbons (Fsp3) is 0.500. The molecular formula is C14H19NO2. The van der Waals surface area contributed by atoms with Gasteiger partial charge < -0.3 is 9.64 Å². The summed E-state index contributed by atoms with van der Waals surface area (Å²) >= 11 is 0. The van der Waals surface area contributed by atoms with Crippen LogP contribution >= 0.6 is 0 Å². The van der Waals surface area contributed by atoms with Crippen LogP contribution in [0.5, 0.6) is 5.75 Å². The molecule has 3 nitrogen and oxygen atoms in total. The zero-order valence-electron chi connectivity index (χ0n) is 10.5. The SMILES string of the molecule is CN(C)CC(=O)CC1CCOc2ccccc21. The monoisotopic (exact) mass is 233 g/mol. The molecule has 0 aliphatic carbocycles. The van der Waals surface area contributed by atoms with Crippen molar-refractivity contribution in [1.82, 2.24) is 4.90 Å². The number of rotatable bonds is 4. The van der Waals surface area contributed by atoms with Crippen molar-refractivity contribution >= 4 is 5.78 Å². The van der Waals surface area contributed by atoms with Gasteiger partial charge in [-0.1, -0.05) is 18.2 Å². The van der Waals surface area contributed by atoms with Gasteiger partial charge in [0.2, 0.25) is 0 Å². The third kappa shape index (κ3) is 3.07. The normalized spacial score (nSPS) is 18.6. The van der Waals surface area contributed by atoms with Gasteiger partial charge in [-0.15, -0.1) is 0 Å². The van der Waals surface area contributed by atoms with E-state index in [2.05, 4.69) is 6.07 Å². The number of benzene rings is 1. The van der Waals surface area contributed by atoms with E-state index in [1.54, 1.807) is 0 Å². The van der Waals surface area contributed by atoms with Crippen LogP contribution in [0.25, 0.3) is 0 Å². The molecule has 0 radical (unpaired) electrons. The molecule has 0 aromatic heterocycles. The molecule has 17 heavy (non-hydrogen) atoms. The van der Waals surface area contributed by atoms with E-state index >= 15 is 0 Å². The Hall–Kier alpha value is -1.35. The van der Waals surface area contributed by atoms with Gasteiger partial charge in [0.05, 0.1) is 13.2 Å². The number of Topliss-reactive ketones (excluding diaryl/α,β-unsaturated/α-hetero) is 1. The maximum Gasteiger partial charge on any atom is 0.147 e. The van der Waals surface area contributed by atoms with Crippen LogP contribution in [-0.4, -0.2) is 37.9 Å². The molecule has 1 aromatic carbocycles. The summed E-state index contributed by atoms with van der Waals surface area (Å²) in [6.07, 6.45) is 1.56. The van der Waals surface area contributed by atoms with Crippen molar-refractivity contribution in [3.05, 3.63) is 29.8 Å². The summed E-state index contributed by atoms with van der Waals surface area (Å²) in [5, 5.41) is 0. The van der Waals surface area contributed by atoms with Gasteiger partial charge in [0, 0.05) is 6.42 Å². The topological polar surface area (TPSA) is 29.5 Å². The third-order valence-electron chi connectivity index (χ3n) is 3.05. The van der Waals surface area contributed by atoms with Gasteiger partial charge in [0.25, 0.3) is 0 Å². The predicted molar refractivity (Wildman–Crippen MR) is 67.5 cm³/mol. The lowest BCUT2D eigenvalue weighted by molar-refractivity contribution is -0.120. The summed E-state index contributed by atoms with van der Waals surface area (Å²) in [6, 6.07) is 8.04. The summed E-state index contributed by atoms with van der Waals surface area (Å²) in [5.74, 6) is 1.57. The van der Waals surface area contributed by atoms with Crippen LogP contribution in [0.3, 0.4) is 0 Å². The maximum atomic E-state index is 11.8. The fourth-order valence-corrected chi connectivity index (χ4v) is 2.32. The number of hydrogen-bond acceptors (Lipinski definition) is 3. The van der Waals surface area contributed by atoms with Crippen LogP contribution < -0.4 is 4.74 Å². The van der Waals surface area contributed by atoms with Crippen molar-refractivity contribution in [1.29, 1.82) is 0 Å². The van der Waals surface area contributed by atoms with Crippen LogP contribution in [0.4, 0.5) is 0 Å². The third-order valence-corrected chi connectivity index (χ3v) is 3.05. The Morgan fingerprint density at radius 2 is 2.18 bits per heavy atom. The molecule has 0 saturated carbocycles. The second-order valence-electron chi connectivity index (χ2n) is 4.85. The van der Waals surface area contributed by atoms with Crippen molar-refractivity contribution in [2.24, 2.45) is 0 Å². The molecule has 0 bridgehead atoms. The number of para-hydroxylation sites is 1. The van der Waals surface area contributed by atoms with E-state index < -0.39 is 0 Å². The molecule has 0 saturated heterocycles. The Morgan fingerprint density at radius 1 is 1.41 bits per heavy atom. The van der Waals surface area contributed by atoms with E-state index in [0.717, 1.165) is 18.8 Å². The number of hydrogen-bond donors (Lipinski definition) is 0. The lowest BCUT2D eigenvalue weighted by Gasteiger charge is -2.25. The van der Waals surface area contributed by atoms with Crippen LogP contribution in [0.2, 0.25) is 0 Å². The fourth-order valence-electron chi connectivity index (χ4n) is 2.32. The number of nitrogens with zero attached hydrogens (tertiary/aromatic N) is 1. The number of carbonyl (C=O) groups excluding carboxylic acids is 1. The molecule has 1 aromatic rings. The molecule has 0 amide bonds. The first-order valence-corrected chi connectivity index (χ1v) is 6.05. The van der Waals surface area contributed by atoms with E-state index in [1.165, 1.54) is 5.56 Å². The molecule has 1 aliphatic heterocycles. The van der Waals surface area contributed by atoms with Gasteiger partial charge in [0.15, 0.2) is 0 Å². The van der Waals surface area contributed by atoms with Gasteiger partial charge in [0.1, 0.15) is 11.5 Å². The number of fused-ring (bicyclic) bond motifs is 1.